The Labute approximate surface area is 153 Å². The van der Waals surface area contributed by atoms with Gasteiger partial charge in [-0.05, 0) is 35.4 Å². The minimum Gasteiger partial charge on any atom is -0.370 e. The topological polar surface area (TPSA) is 57.3 Å². The van der Waals surface area contributed by atoms with Crippen LogP contribution in [0.4, 0.5) is 0 Å². The lowest BCUT2D eigenvalue weighted by molar-refractivity contribution is -0.933. The normalized spacial score (nSPS) is 16.5. The van der Waals surface area contributed by atoms with E-state index in [4.69, 9.17) is 4.74 Å². The highest BCUT2D eigenvalue weighted by molar-refractivity contribution is 5.47. The fraction of sp³-hybridized carbons (Fsp3) is 0.350. The minimum absolute atomic E-state index is 0.0779. The van der Waals surface area contributed by atoms with Gasteiger partial charge in [0.25, 0.3) is 0 Å². The Morgan fingerprint density at radius 2 is 1.65 bits per heavy atom. The van der Waals surface area contributed by atoms with Crippen molar-refractivity contribution in [3.8, 4) is 5.69 Å². The van der Waals surface area contributed by atoms with Crippen LogP contribution in [0.3, 0.4) is 0 Å². The predicted octanol–water partition coefficient (Wildman–Crippen LogP) is 1.28. The standard InChI is InChI=1S/C20H23N5O/c1-15-7-6-8-16(2)18(15)25-20(21-22-23-25)19(17-9-4-3-5-10-17)24-11-13-26-14-12-24/h3-10,19H,11-14H2,1-2H3/p+1/t19-/m1/s1. The molecule has 0 radical (unpaired) electrons. The smallest absolute Gasteiger partial charge is 0.219 e. The third-order valence-electron chi connectivity index (χ3n) is 5.08. The number of hydrogen-bond donors (Lipinski definition) is 1. The van der Waals surface area contributed by atoms with E-state index >= 15 is 0 Å². The summed E-state index contributed by atoms with van der Waals surface area (Å²) >= 11 is 0. The molecule has 0 amide bonds. The molecule has 1 fully saturated rings. The molecule has 26 heavy (non-hydrogen) atoms. The summed E-state index contributed by atoms with van der Waals surface area (Å²) in [7, 11) is 0. The van der Waals surface area contributed by atoms with E-state index in [1.165, 1.54) is 21.6 Å². The van der Waals surface area contributed by atoms with E-state index in [0.717, 1.165) is 37.8 Å². The maximum absolute atomic E-state index is 5.58. The van der Waals surface area contributed by atoms with Gasteiger partial charge in [-0.2, -0.15) is 4.68 Å². The Morgan fingerprint density at radius 1 is 0.962 bits per heavy atom. The SMILES string of the molecule is Cc1cccc(C)c1-n1nnnc1[C@@H](c1ccccc1)[NH+]1CCOCC1. The van der Waals surface area contributed by atoms with Crippen LogP contribution in [-0.4, -0.2) is 46.5 Å². The second kappa shape index (κ2) is 7.35. The molecule has 6 nitrogen and oxygen atoms in total. The van der Waals surface area contributed by atoms with Crippen molar-refractivity contribution in [3.63, 3.8) is 0 Å². The van der Waals surface area contributed by atoms with Gasteiger partial charge in [-0.15, -0.1) is 5.10 Å². The lowest BCUT2D eigenvalue weighted by Crippen LogP contribution is -3.14. The van der Waals surface area contributed by atoms with Gasteiger partial charge in [0.15, 0.2) is 6.04 Å². The molecule has 1 atom stereocenters. The van der Waals surface area contributed by atoms with E-state index in [-0.39, 0.29) is 6.04 Å². The van der Waals surface area contributed by atoms with E-state index in [0.29, 0.717) is 0 Å². The van der Waals surface area contributed by atoms with E-state index in [9.17, 15) is 0 Å². The fourth-order valence-corrected chi connectivity index (χ4v) is 3.81. The lowest BCUT2D eigenvalue weighted by atomic mass is 10.0. The molecule has 3 aromatic rings. The molecule has 1 saturated heterocycles. The van der Waals surface area contributed by atoms with Crippen molar-refractivity contribution < 1.29 is 9.64 Å². The first-order chi connectivity index (χ1) is 12.8. The van der Waals surface area contributed by atoms with Gasteiger partial charge >= 0.3 is 0 Å². The van der Waals surface area contributed by atoms with Gasteiger partial charge < -0.3 is 9.64 Å². The van der Waals surface area contributed by atoms with Crippen molar-refractivity contribution in [2.75, 3.05) is 26.3 Å². The average molecular weight is 350 g/mol. The van der Waals surface area contributed by atoms with Crippen molar-refractivity contribution >= 4 is 0 Å². The average Bonchev–Trinajstić information content (AvgIpc) is 3.12. The van der Waals surface area contributed by atoms with Crippen LogP contribution in [0.5, 0.6) is 0 Å². The van der Waals surface area contributed by atoms with Crippen LogP contribution >= 0.6 is 0 Å². The third kappa shape index (κ3) is 3.13. The molecular weight excluding hydrogens is 326 g/mol. The summed E-state index contributed by atoms with van der Waals surface area (Å²) in [5, 5.41) is 12.9. The van der Waals surface area contributed by atoms with Gasteiger partial charge in [0.1, 0.15) is 13.1 Å². The second-order valence-corrected chi connectivity index (χ2v) is 6.80. The number of tetrazole rings is 1. The molecule has 0 bridgehead atoms. The van der Waals surface area contributed by atoms with Crippen molar-refractivity contribution in [1.29, 1.82) is 0 Å². The summed E-state index contributed by atoms with van der Waals surface area (Å²) in [4.78, 5) is 1.43. The molecular formula is C20H24N5O+. The van der Waals surface area contributed by atoms with Crippen LogP contribution in [0.1, 0.15) is 28.6 Å². The first-order valence-corrected chi connectivity index (χ1v) is 9.08. The molecule has 1 N–H and O–H groups in total. The quantitative estimate of drug-likeness (QED) is 0.770. The maximum Gasteiger partial charge on any atom is 0.219 e. The highest BCUT2D eigenvalue weighted by atomic mass is 16.5. The summed E-state index contributed by atoms with van der Waals surface area (Å²) in [6, 6.07) is 16.9. The Kier molecular flexibility index (Phi) is 4.77. The van der Waals surface area contributed by atoms with Crippen molar-refractivity contribution in [3.05, 3.63) is 71.0 Å². The Hall–Kier alpha value is -2.57. The number of rotatable bonds is 4. The number of hydrogen-bond acceptors (Lipinski definition) is 4. The number of ether oxygens (including phenoxy) is 1. The molecule has 1 aliphatic heterocycles. The summed E-state index contributed by atoms with van der Waals surface area (Å²) in [6.07, 6.45) is 0. The highest BCUT2D eigenvalue weighted by Crippen LogP contribution is 2.23. The summed E-state index contributed by atoms with van der Waals surface area (Å²) in [5.41, 5.74) is 4.64. The summed E-state index contributed by atoms with van der Waals surface area (Å²) in [5.74, 6) is 0.880. The molecule has 2 aromatic carbocycles. The Morgan fingerprint density at radius 3 is 2.35 bits per heavy atom. The first-order valence-electron chi connectivity index (χ1n) is 9.08. The van der Waals surface area contributed by atoms with E-state index in [1.807, 2.05) is 10.7 Å². The lowest BCUT2D eigenvalue weighted by Gasteiger charge is -2.31. The monoisotopic (exact) mass is 350 g/mol. The second-order valence-electron chi connectivity index (χ2n) is 6.80. The molecule has 0 spiro atoms. The highest BCUT2D eigenvalue weighted by Gasteiger charge is 2.33. The minimum atomic E-state index is 0.0779. The molecule has 134 valence electrons. The van der Waals surface area contributed by atoms with Crippen LogP contribution in [0.15, 0.2) is 48.5 Å². The number of aryl methyl sites for hydroxylation is 2. The Balaban J connectivity index is 1.84. The van der Waals surface area contributed by atoms with Crippen molar-refractivity contribution in [2.45, 2.75) is 19.9 Å². The van der Waals surface area contributed by atoms with Crippen LogP contribution in [0.25, 0.3) is 5.69 Å². The number of para-hydroxylation sites is 1. The summed E-state index contributed by atoms with van der Waals surface area (Å²) in [6.45, 7) is 7.63. The van der Waals surface area contributed by atoms with E-state index < -0.39 is 0 Å². The summed E-state index contributed by atoms with van der Waals surface area (Å²) < 4.78 is 7.50. The van der Waals surface area contributed by atoms with Gasteiger partial charge in [0, 0.05) is 5.56 Å². The van der Waals surface area contributed by atoms with Crippen molar-refractivity contribution in [2.24, 2.45) is 0 Å². The zero-order valence-electron chi connectivity index (χ0n) is 15.2. The number of quaternary nitrogens is 1. The molecule has 1 aliphatic rings. The largest absolute Gasteiger partial charge is 0.370 e. The molecule has 1 aromatic heterocycles. The van der Waals surface area contributed by atoms with Gasteiger partial charge in [0.2, 0.25) is 5.82 Å². The Bertz CT molecular complexity index is 851. The molecule has 0 saturated carbocycles. The number of benzene rings is 2. The van der Waals surface area contributed by atoms with Gasteiger partial charge in [0.05, 0.1) is 18.9 Å². The number of nitrogens with zero attached hydrogens (tertiary/aromatic N) is 4. The third-order valence-corrected chi connectivity index (χ3v) is 5.08. The zero-order valence-corrected chi connectivity index (χ0v) is 15.2. The van der Waals surface area contributed by atoms with Gasteiger partial charge in [-0.25, -0.2) is 0 Å². The van der Waals surface area contributed by atoms with E-state index in [2.05, 4.69) is 71.8 Å². The van der Waals surface area contributed by atoms with E-state index in [1.54, 1.807) is 0 Å². The molecule has 0 unspecified atom stereocenters. The van der Waals surface area contributed by atoms with Gasteiger partial charge in [-0.1, -0.05) is 48.5 Å². The van der Waals surface area contributed by atoms with Crippen LogP contribution in [0, 0.1) is 13.8 Å². The number of nitrogens with one attached hydrogen (secondary N) is 1. The number of morpholine rings is 1. The zero-order chi connectivity index (χ0) is 17.9. The molecule has 4 rings (SSSR count). The molecule has 6 heteroatoms. The van der Waals surface area contributed by atoms with Gasteiger partial charge in [-0.3, -0.25) is 0 Å². The predicted molar refractivity (Wildman–Crippen MR) is 98.4 cm³/mol. The molecule has 0 aliphatic carbocycles. The maximum atomic E-state index is 5.58. The fourth-order valence-electron chi connectivity index (χ4n) is 3.81. The number of aromatic nitrogens is 4. The first kappa shape index (κ1) is 16.9. The van der Waals surface area contributed by atoms with Crippen molar-refractivity contribution in [1.82, 2.24) is 20.2 Å². The van der Waals surface area contributed by atoms with Crippen LogP contribution in [0.2, 0.25) is 0 Å². The van der Waals surface area contributed by atoms with Crippen LogP contribution in [-0.2, 0) is 4.74 Å². The molecule has 2 heterocycles. The van der Waals surface area contributed by atoms with Crippen LogP contribution < -0.4 is 4.90 Å².